The van der Waals surface area contributed by atoms with Crippen molar-refractivity contribution in [2.75, 3.05) is 11.4 Å². The molecule has 1 aromatic carbocycles. The fourth-order valence-corrected chi connectivity index (χ4v) is 3.20. The maximum atomic E-state index is 13.6. The second-order valence-electron chi connectivity index (χ2n) is 6.71. The number of aromatic nitrogens is 2. The molecule has 138 valence electrons. The Balaban J connectivity index is 0.00000109. The quantitative estimate of drug-likeness (QED) is 0.689. The minimum atomic E-state index is -2.49. The second kappa shape index (κ2) is 7.98. The first kappa shape index (κ1) is 19.4. The molecule has 0 saturated heterocycles. The molecule has 0 fully saturated rings. The molecule has 0 amide bonds. The van der Waals surface area contributed by atoms with Crippen LogP contribution in [-0.4, -0.2) is 22.4 Å². The van der Waals surface area contributed by atoms with E-state index in [4.69, 9.17) is 0 Å². The Hall–Kier alpha value is -1.91. The lowest BCUT2D eigenvalue weighted by molar-refractivity contribution is 0.152. The molecule has 2 heterocycles. The van der Waals surface area contributed by atoms with Crippen molar-refractivity contribution in [2.24, 2.45) is 0 Å². The lowest BCUT2D eigenvalue weighted by Gasteiger charge is -2.25. The van der Waals surface area contributed by atoms with Gasteiger partial charge in [0, 0.05) is 41.6 Å². The normalized spacial score (nSPS) is 13.5. The third-order valence-electron chi connectivity index (χ3n) is 4.48. The van der Waals surface area contributed by atoms with E-state index in [2.05, 4.69) is 23.8 Å². The topological polar surface area (TPSA) is 21.1 Å². The van der Waals surface area contributed by atoms with Crippen molar-refractivity contribution in [3.63, 3.8) is 0 Å². The zero-order valence-corrected chi connectivity index (χ0v) is 16.1. The average Bonchev–Trinajstić information content (AvgIpc) is 3.22. The number of rotatable bonds is 4. The van der Waals surface area contributed by atoms with Gasteiger partial charge in [-0.25, -0.2) is 8.78 Å². The van der Waals surface area contributed by atoms with Crippen LogP contribution in [-0.2, 0) is 6.42 Å². The summed E-state index contributed by atoms with van der Waals surface area (Å²) in [6.45, 7) is 13.1. The number of nitrogens with zero attached hydrogens (tertiary/aromatic N) is 3. The third-order valence-corrected chi connectivity index (χ3v) is 4.48. The first-order valence-electron chi connectivity index (χ1n) is 9.14. The summed E-state index contributed by atoms with van der Waals surface area (Å²) in [6, 6.07) is 4.14. The fraction of sp³-hybridized carbons (Fsp3) is 0.550. The van der Waals surface area contributed by atoms with Gasteiger partial charge in [-0.15, -0.1) is 0 Å². The SMILES string of the molecule is CC.CC(C)N1CCc2cc(-c3cnn(C(C)C)c3)c(C(F)F)cc21. The Morgan fingerprint density at radius 3 is 2.24 bits per heavy atom. The second-order valence-corrected chi connectivity index (χ2v) is 6.71. The first-order valence-corrected chi connectivity index (χ1v) is 9.14. The van der Waals surface area contributed by atoms with Crippen LogP contribution in [0.4, 0.5) is 14.5 Å². The van der Waals surface area contributed by atoms with Gasteiger partial charge in [0.25, 0.3) is 6.43 Å². The summed E-state index contributed by atoms with van der Waals surface area (Å²) in [6.07, 6.45) is 1.95. The lowest BCUT2D eigenvalue weighted by atomic mass is 9.98. The van der Waals surface area contributed by atoms with Crippen molar-refractivity contribution >= 4 is 5.69 Å². The Kier molecular flexibility index (Phi) is 6.20. The fourth-order valence-electron chi connectivity index (χ4n) is 3.20. The smallest absolute Gasteiger partial charge is 0.264 e. The van der Waals surface area contributed by atoms with Crippen LogP contribution in [0.25, 0.3) is 11.1 Å². The zero-order chi connectivity index (χ0) is 18.7. The largest absolute Gasteiger partial charge is 0.369 e. The molecule has 0 unspecified atom stereocenters. The molecule has 1 aliphatic rings. The third kappa shape index (κ3) is 3.86. The van der Waals surface area contributed by atoms with Crippen LogP contribution >= 0.6 is 0 Å². The number of alkyl halides is 2. The van der Waals surface area contributed by atoms with Gasteiger partial charge in [0.15, 0.2) is 0 Å². The van der Waals surface area contributed by atoms with E-state index < -0.39 is 6.43 Å². The molecule has 2 aromatic rings. The minimum absolute atomic E-state index is 0.0969. The molecule has 3 rings (SSSR count). The van der Waals surface area contributed by atoms with Crippen molar-refractivity contribution in [2.45, 2.75) is 66.5 Å². The molecule has 0 atom stereocenters. The predicted molar refractivity (Wildman–Crippen MR) is 101 cm³/mol. The van der Waals surface area contributed by atoms with Gasteiger partial charge in [0.1, 0.15) is 0 Å². The maximum Gasteiger partial charge on any atom is 0.264 e. The number of anilines is 1. The first-order chi connectivity index (χ1) is 11.9. The number of hydrogen-bond donors (Lipinski definition) is 0. The Morgan fingerprint density at radius 2 is 1.72 bits per heavy atom. The van der Waals surface area contributed by atoms with E-state index in [0.717, 1.165) is 29.8 Å². The molecule has 5 heteroatoms. The molecule has 1 aliphatic heterocycles. The van der Waals surface area contributed by atoms with Crippen molar-refractivity contribution in [1.29, 1.82) is 0 Å². The van der Waals surface area contributed by atoms with Crippen LogP contribution < -0.4 is 4.90 Å². The summed E-state index contributed by atoms with van der Waals surface area (Å²) in [4.78, 5) is 2.20. The van der Waals surface area contributed by atoms with E-state index in [1.165, 1.54) is 0 Å². The zero-order valence-electron chi connectivity index (χ0n) is 16.1. The summed E-state index contributed by atoms with van der Waals surface area (Å²) >= 11 is 0. The lowest BCUT2D eigenvalue weighted by Crippen LogP contribution is -2.28. The highest BCUT2D eigenvalue weighted by Crippen LogP contribution is 2.40. The van der Waals surface area contributed by atoms with E-state index in [0.29, 0.717) is 11.6 Å². The molecular formula is C20H29F2N3. The van der Waals surface area contributed by atoms with Gasteiger partial charge in [-0.1, -0.05) is 13.8 Å². The van der Waals surface area contributed by atoms with E-state index >= 15 is 0 Å². The van der Waals surface area contributed by atoms with Crippen molar-refractivity contribution in [3.05, 3.63) is 35.7 Å². The van der Waals surface area contributed by atoms with Crippen LogP contribution in [0.5, 0.6) is 0 Å². The molecule has 0 saturated carbocycles. The van der Waals surface area contributed by atoms with E-state index in [9.17, 15) is 8.78 Å². The maximum absolute atomic E-state index is 13.6. The van der Waals surface area contributed by atoms with Crippen molar-refractivity contribution < 1.29 is 8.78 Å². The van der Waals surface area contributed by atoms with Crippen molar-refractivity contribution in [1.82, 2.24) is 9.78 Å². The molecular weight excluding hydrogens is 320 g/mol. The van der Waals surface area contributed by atoms with Crippen LogP contribution in [0, 0.1) is 0 Å². The van der Waals surface area contributed by atoms with Gasteiger partial charge >= 0.3 is 0 Å². The molecule has 0 N–H and O–H groups in total. The van der Waals surface area contributed by atoms with Crippen LogP contribution in [0.3, 0.4) is 0 Å². The minimum Gasteiger partial charge on any atom is -0.369 e. The van der Waals surface area contributed by atoms with Gasteiger partial charge in [-0.2, -0.15) is 5.10 Å². The summed E-state index contributed by atoms with van der Waals surface area (Å²) in [5.74, 6) is 0. The van der Waals surface area contributed by atoms with Gasteiger partial charge in [0.2, 0.25) is 0 Å². The van der Waals surface area contributed by atoms with Crippen LogP contribution in [0.15, 0.2) is 24.5 Å². The van der Waals surface area contributed by atoms with Gasteiger partial charge in [-0.3, -0.25) is 4.68 Å². The van der Waals surface area contributed by atoms with Gasteiger partial charge < -0.3 is 4.90 Å². The van der Waals surface area contributed by atoms with Crippen LogP contribution in [0.2, 0.25) is 0 Å². The standard InChI is InChI=1S/C18H23F2N3.C2H6/c1-11(2)22-6-5-13-7-15(16(18(19)20)8-17(13)22)14-9-21-23(10-14)12(3)4;1-2/h7-12,18H,5-6H2,1-4H3;1-2H3. The van der Waals surface area contributed by atoms with Crippen molar-refractivity contribution in [3.8, 4) is 11.1 Å². The Morgan fingerprint density at radius 1 is 1.04 bits per heavy atom. The van der Waals surface area contributed by atoms with Crippen LogP contribution in [0.1, 0.15) is 65.1 Å². The van der Waals surface area contributed by atoms with Gasteiger partial charge in [-0.05, 0) is 57.4 Å². The highest BCUT2D eigenvalue weighted by atomic mass is 19.3. The Bertz CT molecular complexity index is 705. The average molecular weight is 349 g/mol. The number of benzene rings is 1. The number of fused-ring (bicyclic) bond motifs is 1. The van der Waals surface area contributed by atoms with E-state index in [1.54, 1.807) is 16.9 Å². The van der Waals surface area contributed by atoms with E-state index in [1.807, 2.05) is 40.0 Å². The predicted octanol–water partition coefficient (Wildman–Crippen LogP) is 5.87. The molecule has 3 nitrogen and oxygen atoms in total. The summed E-state index contributed by atoms with van der Waals surface area (Å²) in [5, 5.41) is 4.29. The monoisotopic (exact) mass is 349 g/mol. The van der Waals surface area contributed by atoms with Gasteiger partial charge in [0.05, 0.1) is 6.20 Å². The molecule has 0 spiro atoms. The highest BCUT2D eigenvalue weighted by molar-refractivity contribution is 5.74. The molecule has 0 bridgehead atoms. The summed E-state index contributed by atoms with van der Waals surface area (Å²) < 4.78 is 29.1. The Labute approximate surface area is 149 Å². The molecule has 0 radical (unpaired) electrons. The number of halogens is 2. The molecule has 25 heavy (non-hydrogen) atoms. The highest BCUT2D eigenvalue weighted by Gasteiger charge is 2.26. The molecule has 0 aliphatic carbocycles. The van der Waals surface area contributed by atoms with E-state index in [-0.39, 0.29) is 11.6 Å². The summed E-state index contributed by atoms with van der Waals surface area (Å²) in [5.41, 5.74) is 3.57. The molecule has 1 aromatic heterocycles. The summed E-state index contributed by atoms with van der Waals surface area (Å²) in [7, 11) is 0. The number of hydrogen-bond acceptors (Lipinski definition) is 2.